The first-order valence-electron chi connectivity index (χ1n) is 8.81. The molecule has 134 valence electrons. The summed E-state index contributed by atoms with van der Waals surface area (Å²) in [5.41, 5.74) is 3.29. The van der Waals surface area contributed by atoms with Crippen molar-refractivity contribution in [1.29, 1.82) is 0 Å². The molecule has 0 aliphatic rings. The van der Waals surface area contributed by atoms with E-state index in [0.29, 0.717) is 17.9 Å². The fourth-order valence-corrected chi connectivity index (χ4v) is 2.63. The number of Topliss-reactive ketones (excluding diaryl/α,β-unsaturated/α-hetero) is 1. The molecule has 0 aliphatic carbocycles. The molecule has 0 unspecified atom stereocenters. The van der Waals surface area contributed by atoms with Crippen molar-refractivity contribution in [2.75, 3.05) is 6.61 Å². The van der Waals surface area contributed by atoms with Crippen molar-refractivity contribution in [3.05, 3.63) is 102 Å². The van der Waals surface area contributed by atoms with Crippen LogP contribution in [0.4, 0.5) is 0 Å². The van der Waals surface area contributed by atoms with Gasteiger partial charge in [-0.3, -0.25) is 9.78 Å². The van der Waals surface area contributed by atoms with Crippen molar-refractivity contribution < 1.29 is 9.53 Å². The number of allylic oxidation sites excluding steroid dienone is 1. The van der Waals surface area contributed by atoms with Crippen LogP contribution >= 0.6 is 0 Å². The molecule has 0 spiro atoms. The van der Waals surface area contributed by atoms with Crippen LogP contribution in [-0.2, 0) is 4.79 Å². The number of nitrogens with zero attached hydrogens (tertiary/aromatic N) is 1. The summed E-state index contributed by atoms with van der Waals surface area (Å²) in [4.78, 5) is 16.3. The Morgan fingerprint density at radius 3 is 2.48 bits per heavy atom. The topological polar surface area (TPSA) is 39.2 Å². The van der Waals surface area contributed by atoms with E-state index >= 15 is 0 Å². The van der Waals surface area contributed by atoms with Crippen LogP contribution in [0.5, 0.6) is 5.75 Å². The minimum Gasteiger partial charge on any atom is -0.490 e. The van der Waals surface area contributed by atoms with Gasteiger partial charge in [-0.05, 0) is 54.5 Å². The van der Waals surface area contributed by atoms with Crippen LogP contribution in [0.1, 0.15) is 23.7 Å². The van der Waals surface area contributed by atoms with Gasteiger partial charge >= 0.3 is 0 Å². The molecule has 0 aliphatic heterocycles. The van der Waals surface area contributed by atoms with Crippen molar-refractivity contribution in [2.45, 2.75) is 6.92 Å². The molecule has 0 N–H and O–H groups in total. The van der Waals surface area contributed by atoms with Gasteiger partial charge in [0.05, 0.1) is 5.69 Å². The fraction of sp³-hybridized carbons (Fsp3) is 0.0833. The van der Waals surface area contributed by atoms with Crippen molar-refractivity contribution in [2.24, 2.45) is 0 Å². The third-order valence-corrected chi connectivity index (χ3v) is 3.95. The molecule has 3 rings (SSSR count). The Morgan fingerprint density at radius 1 is 0.963 bits per heavy atom. The van der Waals surface area contributed by atoms with E-state index in [1.165, 1.54) is 0 Å². The van der Waals surface area contributed by atoms with Crippen LogP contribution in [0.3, 0.4) is 0 Å². The maximum absolute atomic E-state index is 12.0. The molecule has 0 fully saturated rings. The maximum atomic E-state index is 12.0. The number of benzene rings is 2. The summed E-state index contributed by atoms with van der Waals surface area (Å²) in [5, 5.41) is 0. The predicted octanol–water partition coefficient (Wildman–Crippen LogP) is 5.30. The minimum absolute atomic E-state index is 0.0224. The Morgan fingerprint density at radius 2 is 1.74 bits per heavy atom. The van der Waals surface area contributed by atoms with Crippen LogP contribution < -0.4 is 4.74 Å². The molecule has 0 bridgehead atoms. The lowest BCUT2D eigenvalue weighted by atomic mass is 10.0. The van der Waals surface area contributed by atoms with Gasteiger partial charge in [0, 0.05) is 11.8 Å². The third kappa shape index (κ3) is 5.51. The number of ketones is 1. The molecule has 2 aromatic carbocycles. The smallest absolute Gasteiger partial charge is 0.161 e. The van der Waals surface area contributed by atoms with E-state index in [9.17, 15) is 4.79 Å². The highest BCUT2D eigenvalue weighted by molar-refractivity contribution is 6.23. The average Bonchev–Trinajstić information content (AvgIpc) is 2.71. The molecular formula is C24H21NO2. The Hall–Kier alpha value is -3.46. The molecule has 0 atom stereocenters. The van der Waals surface area contributed by atoms with Gasteiger partial charge in [0.15, 0.2) is 5.78 Å². The van der Waals surface area contributed by atoms with Gasteiger partial charge in [-0.25, -0.2) is 0 Å². The fourth-order valence-electron chi connectivity index (χ4n) is 2.63. The first-order valence-corrected chi connectivity index (χ1v) is 8.81. The second-order valence-corrected chi connectivity index (χ2v) is 6.03. The lowest BCUT2D eigenvalue weighted by Gasteiger charge is -2.06. The molecule has 3 nitrogen and oxygen atoms in total. The van der Waals surface area contributed by atoms with Gasteiger partial charge in [0.25, 0.3) is 0 Å². The second kappa shape index (κ2) is 9.30. The van der Waals surface area contributed by atoms with Gasteiger partial charge < -0.3 is 4.74 Å². The Kier molecular flexibility index (Phi) is 6.31. The lowest BCUT2D eigenvalue weighted by Crippen LogP contribution is -1.98. The number of carbonyl (C=O) groups is 1. The first-order chi connectivity index (χ1) is 13.2. The van der Waals surface area contributed by atoms with Gasteiger partial charge in [-0.1, -0.05) is 54.6 Å². The van der Waals surface area contributed by atoms with Gasteiger partial charge in [0.1, 0.15) is 12.4 Å². The van der Waals surface area contributed by atoms with E-state index in [1.54, 1.807) is 13.1 Å². The highest BCUT2D eigenvalue weighted by atomic mass is 16.5. The molecule has 1 heterocycles. The zero-order valence-electron chi connectivity index (χ0n) is 15.2. The zero-order chi connectivity index (χ0) is 18.9. The molecular weight excluding hydrogens is 334 g/mol. The molecule has 3 heteroatoms. The number of rotatable bonds is 7. The highest BCUT2D eigenvalue weighted by Crippen LogP contribution is 2.20. The van der Waals surface area contributed by atoms with E-state index in [1.807, 2.05) is 91.0 Å². The number of aromatic nitrogens is 1. The molecule has 3 aromatic rings. The van der Waals surface area contributed by atoms with E-state index in [4.69, 9.17) is 4.74 Å². The van der Waals surface area contributed by atoms with Crippen molar-refractivity contribution in [3.63, 3.8) is 0 Å². The van der Waals surface area contributed by atoms with E-state index in [0.717, 1.165) is 16.9 Å². The van der Waals surface area contributed by atoms with E-state index in [2.05, 4.69) is 4.98 Å². The van der Waals surface area contributed by atoms with Crippen molar-refractivity contribution >= 4 is 23.5 Å². The van der Waals surface area contributed by atoms with Crippen molar-refractivity contribution in [3.8, 4) is 5.75 Å². The van der Waals surface area contributed by atoms with Crippen LogP contribution in [0.25, 0.3) is 17.7 Å². The highest BCUT2D eigenvalue weighted by Gasteiger charge is 2.08. The second-order valence-electron chi connectivity index (χ2n) is 6.03. The maximum Gasteiger partial charge on any atom is 0.161 e. The zero-order valence-corrected chi connectivity index (χ0v) is 15.2. The quantitative estimate of drug-likeness (QED) is 0.540. The SMILES string of the molecule is CC(=O)/C(=C/c1cccc(OC/C=C/c2ccccc2)c1)c1ccccn1. The monoisotopic (exact) mass is 355 g/mol. The van der Waals surface area contributed by atoms with E-state index < -0.39 is 0 Å². The normalized spacial score (nSPS) is 11.5. The summed E-state index contributed by atoms with van der Waals surface area (Å²) < 4.78 is 5.80. The number of carbonyl (C=O) groups excluding carboxylic acids is 1. The molecule has 1 aromatic heterocycles. The Bertz CT molecular complexity index is 944. The van der Waals surface area contributed by atoms with Crippen LogP contribution in [0, 0.1) is 0 Å². The number of hydrogen-bond acceptors (Lipinski definition) is 3. The number of pyridine rings is 1. The molecule has 0 saturated heterocycles. The van der Waals surface area contributed by atoms with Gasteiger partial charge in [0.2, 0.25) is 0 Å². The molecule has 0 saturated carbocycles. The summed E-state index contributed by atoms with van der Waals surface area (Å²) >= 11 is 0. The van der Waals surface area contributed by atoms with Crippen LogP contribution in [0.15, 0.2) is 85.1 Å². The molecule has 27 heavy (non-hydrogen) atoms. The number of hydrogen-bond donors (Lipinski definition) is 0. The summed E-state index contributed by atoms with van der Waals surface area (Å²) in [6.45, 7) is 2.02. The lowest BCUT2D eigenvalue weighted by molar-refractivity contribution is -0.111. The third-order valence-electron chi connectivity index (χ3n) is 3.95. The van der Waals surface area contributed by atoms with Gasteiger partial charge in [-0.2, -0.15) is 0 Å². The summed E-state index contributed by atoms with van der Waals surface area (Å²) in [5.74, 6) is 0.733. The van der Waals surface area contributed by atoms with Crippen LogP contribution in [-0.4, -0.2) is 17.4 Å². The van der Waals surface area contributed by atoms with Crippen LogP contribution in [0.2, 0.25) is 0 Å². The first kappa shape index (κ1) is 18.3. The minimum atomic E-state index is -0.0224. The Balaban J connectivity index is 1.71. The summed E-state index contributed by atoms with van der Waals surface area (Å²) in [7, 11) is 0. The van der Waals surface area contributed by atoms with Crippen molar-refractivity contribution in [1.82, 2.24) is 4.98 Å². The molecule has 0 radical (unpaired) electrons. The largest absolute Gasteiger partial charge is 0.490 e. The summed E-state index contributed by atoms with van der Waals surface area (Å²) in [6, 6.07) is 23.3. The summed E-state index contributed by atoms with van der Waals surface area (Å²) in [6.07, 6.45) is 7.54. The molecule has 0 amide bonds. The average molecular weight is 355 g/mol. The number of ether oxygens (including phenoxy) is 1. The van der Waals surface area contributed by atoms with Gasteiger partial charge in [-0.15, -0.1) is 0 Å². The van der Waals surface area contributed by atoms with E-state index in [-0.39, 0.29) is 5.78 Å². The Labute approximate surface area is 159 Å². The standard InChI is InChI=1S/C24H21NO2/c1-19(26)23(24-14-5-6-15-25-24)18-21-11-7-13-22(17-21)27-16-8-12-20-9-3-2-4-10-20/h2-15,17-18H,16H2,1H3/b12-8+,23-18-. The predicted molar refractivity (Wildman–Crippen MR) is 110 cm³/mol.